The number of hydrogen-bond donors (Lipinski definition) is 0. The SMILES string of the molecule is FC1(F)CCC1(F)F.O=C(Cl)Cl. The lowest BCUT2D eigenvalue weighted by Crippen LogP contribution is -2.50. The Hall–Kier alpha value is -0.0300. The molecule has 1 rings (SSSR count). The van der Waals surface area contributed by atoms with Gasteiger partial charge in [0.1, 0.15) is 0 Å². The lowest BCUT2D eigenvalue weighted by atomic mass is 9.90. The molecule has 0 radical (unpaired) electrons. The molecule has 0 amide bonds. The smallest absolute Gasteiger partial charge is 0.262 e. The van der Waals surface area contributed by atoms with E-state index in [1.807, 2.05) is 0 Å². The van der Waals surface area contributed by atoms with E-state index in [1.165, 1.54) is 0 Å². The van der Waals surface area contributed by atoms with Crippen LogP contribution in [-0.4, -0.2) is 16.5 Å². The van der Waals surface area contributed by atoms with E-state index >= 15 is 0 Å². The molecule has 0 atom stereocenters. The van der Waals surface area contributed by atoms with Crippen molar-refractivity contribution in [3.05, 3.63) is 0 Å². The predicted octanol–water partition coefficient (Wildman–Crippen LogP) is 3.63. The van der Waals surface area contributed by atoms with E-state index in [0.717, 1.165) is 0 Å². The Morgan fingerprint density at radius 2 is 1.17 bits per heavy atom. The van der Waals surface area contributed by atoms with E-state index in [-0.39, 0.29) is 0 Å². The minimum atomic E-state index is -3.72. The highest BCUT2D eigenvalue weighted by Crippen LogP contribution is 2.50. The second kappa shape index (κ2) is 3.79. The Morgan fingerprint density at radius 1 is 1.00 bits per heavy atom. The molecule has 1 saturated carbocycles. The molecule has 72 valence electrons. The van der Waals surface area contributed by atoms with Crippen LogP contribution >= 0.6 is 23.2 Å². The van der Waals surface area contributed by atoms with Gasteiger partial charge in [-0.05, 0) is 23.2 Å². The number of carbonyl (C=O) groups is 1. The Balaban J connectivity index is 0.000000261. The summed E-state index contributed by atoms with van der Waals surface area (Å²) in [6, 6.07) is 0. The van der Waals surface area contributed by atoms with E-state index in [4.69, 9.17) is 4.79 Å². The van der Waals surface area contributed by atoms with Crippen LogP contribution in [0.4, 0.5) is 22.4 Å². The molecular formula is C5H4Cl2F4O. The minimum absolute atomic E-state index is 0.667. The van der Waals surface area contributed by atoms with E-state index in [2.05, 4.69) is 23.2 Å². The zero-order valence-electron chi connectivity index (χ0n) is 5.59. The summed E-state index contributed by atoms with van der Waals surface area (Å²) in [6.45, 7) is 0. The summed E-state index contributed by atoms with van der Waals surface area (Å²) in [6.07, 6.45) is -1.33. The van der Waals surface area contributed by atoms with Crippen molar-refractivity contribution in [3.8, 4) is 0 Å². The first-order chi connectivity index (χ1) is 5.19. The highest BCUT2D eigenvalue weighted by molar-refractivity contribution is 6.93. The molecule has 0 N–H and O–H groups in total. The molecule has 0 aromatic carbocycles. The lowest BCUT2D eigenvalue weighted by Gasteiger charge is -2.35. The maximum absolute atomic E-state index is 11.6. The molecule has 1 aliphatic carbocycles. The standard InChI is InChI=1S/C4H4F4.CCl2O/c5-3(6)1-2-4(3,7)8;2-1(3)4/h1-2H2;. The minimum Gasteiger partial charge on any atom is -0.262 e. The molecule has 0 saturated heterocycles. The van der Waals surface area contributed by atoms with E-state index in [9.17, 15) is 17.6 Å². The van der Waals surface area contributed by atoms with Crippen molar-refractivity contribution in [2.75, 3.05) is 0 Å². The molecule has 12 heavy (non-hydrogen) atoms. The third-order valence-electron chi connectivity index (χ3n) is 1.29. The van der Waals surface area contributed by atoms with E-state index in [1.54, 1.807) is 0 Å². The van der Waals surface area contributed by atoms with Crippen molar-refractivity contribution in [2.24, 2.45) is 0 Å². The van der Waals surface area contributed by atoms with Crippen molar-refractivity contribution >= 4 is 27.9 Å². The van der Waals surface area contributed by atoms with Crippen LogP contribution in [-0.2, 0) is 0 Å². The van der Waals surface area contributed by atoms with E-state index in [0.29, 0.717) is 0 Å². The zero-order chi connectivity index (χ0) is 9.99. The van der Waals surface area contributed by atoms with Crippen LogP contribution < -0.4 is 0 Å². The van der Waals surface area contributed by atoms with Crippen LogP contribution in [0, 0.1) is 0 Å². The summed E-state index contributed by atoms with van der Waals surface area (Å²) >= 11 is 8.80. The molecule has 0 bridgehead atoms. The van der Waals surface area contributed by atoms with E-state index < -0.39 is 29.4 Å². The van der Waals surface area contributed by atoms with Crippen LogP contribution in [0.5, 0.6) is 0 Å². The van der Waals surface area contributed by atoms with Gasteiger partial charge in [0.05, 0.1) is 0 Å². The molecule has 0 aromatic heterocycles. The molecule has 1 fully saturated rings. The van der Waals surface area contributed by atoms with Gasteiger partial charge in [0, 0.05) is 12.8 Å². The monoisotopic (exact) mass is 226 g/mol. The largest absolute Gasteiger partial charge is 0.313 e. The van der Waals surface area contributed by atoms with Crippen molar-refractivity contribution in [1.82, 2.24) is 0 Å². The summed E-state index contributed by atoms with van der Waals surface area (Å²) in [5, 5.41) is 0. The average molecular weight is 227 g/mol. The summed E-state index contributed by atoms with van der Waals surface area (Å²) < 4.78 is 45.4. The first-order valence-electron chi connectivity index (χ1n) is 2.80. The molecule has 1 aliphatic rings. The first kappa shape index (κ1) is 12.0. The normalized spacial score (nSPS) is 23.2. The summed E-state index contributed by atoms with van der Waals surface area (Å²) in [4.78, 5) is 8.98. The fourth-order valence-corrected chi connectivity index (χ4v) is 0.503. The van der Waals surface area contributed by atoms with Crippen LogP contribution in [0.2, 0.25) is 0 Å². The summed E-state index contributed by atoms with van der Waals surface area (Å²) in [5.41, 5.74) is 0. The van der Waals surface area contributed by atoms with Crippen molar-refractivity contribution in [1.29, 1.82) is 0 Å². The van der Waals surface area contributed by atoms with Crippen LogP contribution in [0.1, 0.15) is 12.8 Å². The summed E-state index contributed by atoms with van der Waals surface area (Å²) in [7, 11) is 0. The maximum Gasteiger partial charge on any atom is 0.313 e. The van der Waals surface area contributed by atoms with Crippen LogP contribution in [0.15, 0.2) is 0 Å². The molecule has 0 aliphatic heterocycles. The molecule has 1 nitrogen and oxygen atoms in total. The number of halogens is 6. The topological polar surface area (TPSA) is 17.1 Å². The Labute approximate surface area is 75.6 Å². The Morgan fingerprint density at radius 3 is 1.17 bits per heavy atom. The zero-order valence-corrected chi connectivity index (χ0v) is 7.10. The Bertz CT molecular complexity index is 164. The summed E-state index contributed by atoms with van der Waals surface area (Å²) in [5.74, 6) is -7.43. The predicted molar refractivity (Wildman–Crippen MR) is 36.2 cm³/mol. The van der Waals surface area contributed by atoms with Crippen molar-refractivity contribution in [3.63, 3.8) is 0 Å². The third-order valence-corrected chi connectivity index (χ3v) is 1.29. The molecule has 0 spiro atoms. The fourth-order valence-electron chi connectivity index (χ4n) is 0.503. The number of alkyl halides is 4. The van der Waals surface area contributed by atoms with Gasteiger partial charge < -0.3 is 0 Å². The Kier molecular flexibility index (Phi) is 3.78. The van der Waals surface area contributed by atoms with Gasteiger partial charge in [-0.15, -0.1) is 0 Å². The highest BCUT2D eigenvalue weighted by atomic mass is 35.5. The highest BCUT2D eigenvalue weighted by Gasteiger charge is 2.64. The van der Waals surface area contributed by atoms with Crippen LogP contribution in [0.25, 0.3) is 0 Å². The van der Waals surface area contributed by atoms with Gasteiger partial charge in [0.25, 0.3) is 0 Å². The van der Waals surface area contributed by atoms with Crippen molar-refractivity contribution in [2.45, 2.75) is 24.7 Å². The van der Waals surface area contributed by atoms with Gasteiger partial charge in [-0.3, -0.25) is 4.79 Å². The van der Waals surface area contributed by atoms with Crippen molar-refractivity contribution < 1.29 is 22.4 Å². The van der Waals surface area contributed by atoms with Gasteiger partial charge in [-0.1, -0.05) is 0 Å². The quantitative estimate of drug-likeness (QED) is 0.456. The van der Waals surface area contributed by atoms with Crippen LogP contribution in [0.3, 0.4) is 0 Å². The molecular weight excluding hydrogens is 223 g/mol. The number of rotatable bonds is 0. The molecule has 0 aromatic rings. The van der Waals surface area contributed by atoms with Gasteiger partial charge >= 0.3 is 16.5 Å². The van der Waals surface area contributed by atoms with Gasteiger partial charge in [0.15, 0.2) is 0 Å². The fraction of sp³-hybridized carbons (Fsp3) is 0.800. The lowest BCUT2D eigenvalue weighted by molar-refractivity contribution is -0.275. The second-order valence-electron chi connectivity index (χ2n) is 2.13. The molecule has 0 heterocycles. The number of carbonyl (C=O) groups excluding carboxylic acids is 1. The second-order valence-corrected chi connectivity index (χ2v) is 3.01. The number of hydrogen-bond acceptors (Lipinski definition) is 1. The first-order valence-corrected chi connectivity index (χ1v) is 3.55. The van der Waals surface area contributed by atoms with Gasteiger partial charge in [0.2, 0.25) is 0 Å². The average Bonchev–Trinajstić information content (AvgIpc) is 1.84. The van der Waals surface area contributed by atoms with Gasteiger partial charge in [-0.2, -0.15) is 17.6 Å². The third kappa shape index (κ3) is 3.15. The molecule has 7 heteroatoms. The van der Waals surface area contributed by atoms with Gasteiger partial charge in [-0.25, -0.2) is 0 Å². The maximum atomic E-state index is 11.6. The molecule has 0 unspecified atom stereocenters.